The fourth-order valence-electron chi connectivity index (χ4n) is 4.22. The molecule has 7 nitrogen and oxygen atoms in total. The van der Waals surface area contributed by atoms with Crippen molar-refractivity contribution in [2.24, 2.45) is 5.92 Å². The van der Waals surface area contributed by atoms with Crippen molar-refractivity contribution in [1.82, 2.24) is 19.9 Å². The number of rotatable bonds is 5. The van der Waals surface area contributed by atoms with Gasteiger partial charge in [0.25, 0.3) is 0 Å². The zero-order chi connectivity index (χ0) is 23.5. The number of thiazole rings is 1. The van der Waals surface area contributed by atoms with E-state index >= 15 is 0 Å². The third-order valence-electron chi connectivity index (χ3n) is 5.98. The summed E-state index contributed by atoms with van der Waals surface area (Å²) in [5.41, 5.74) is 5.66. The Morgan fingerprint density at radius 3 is 2.44 bits per heavy atom. The quantitative estimate of drug-likeness (QED) is 0.435. The highest BCUT2D eigenvalue weighted by molar-refractivity contribution is 7.13. The number of hydrogen-bond donors (Lipinski definition) is 1. The maximum atomic E-state index is 13.0. The lowest BCUT2D eigenvalue weighted by Gasteiger charge is -2.31. The number of carbonyl (C=O) groups excluding carboxylic acids is 1. The smallest absolute Gasteiger partial charge is 0.227 e. The van der Waals surface area contributed by atoms with Crippen molar-refractivity contribution in [2.45, 2.75) is 26.7 Å². The summed E-state index contributed by atoms with van der Waals surface area (Å²) < 4.78 is 0. The van der Waals surface area contributed by atoms with E-state index < -0.39 is 0 Å². The van der Waals surface area contributed by atoms with E-state index in [2.05, 4.69) is 25.2 Å². The van der Waals surface area contributed by atoms with E-state index in [0.717, 1.165) is 70.8 Å². The predicted octanol–water partition coefficient (Wildman–Crippen LogP) is 5.13. The summed E-state index contributed by atoms with van der Waals surface area (Å²) in [6.07, 6.45) is 5.10. The highest BCUT2D eigenvalue weighted by atomic mass is 32.1. The summed E-state index contributed by atoms with van der Waals surface area (Å²) in [7, 11) is 0. The number of carbonyl (C=O) groups is 1. The molecule has 8 heteroatoms. The van der Waals surface area contributed by atoms with Crippen LogP contribution in [0, 0.1) is 19.8 Å². The summed E-state index contributed by atoms with van der Waals surface area (Å²) in [4.78, 5) is 33.1. The van der Waals surface area contributed by atoms with Gasteiger partial charge in [0.2, 0.25) is 11.9 Å². The van der Waals surface area contributed by atoms with E-state index in [1.54, 1.807) is 23.7 Å². The molecule has 1 amide bonds. The molecule has 0 saturated carbocycles. The SMILES string of the molecule is Cc1cc(C)nc(N2CCC(C(=O)Nc3cccc(-c4csc(-c5ccncc5)n4)c3)CC2)n1. The molecule has 34 heavy (non-hydrogen) atoms. The second-order valence-electron chi connectivity index (χ2n) is 8.56. The van der Waals surface area contributed by atoms with Gasteiger partial charge in [0.1, 0.15) is 5.01 Å². The molecule has 0 spiro atoms. The molecule has 0 unspecified atom stereocenters. The van der Waals surface area contributed by atoms with Crippen LogP contribution in [-0.2, 0) is 4.79 Å². The lowest BCUT2D eigenvalue weighted by Crippen LogP contribution is -2.39. The van der Waals surface area contributed by atoms with Crippen molar-refractivity contribution in [3.8, 4) is 21.8 Å². The summed E-state index contributed by atoms with van der Waals surface area (Å²) in [5, 5.41) is 6.11. The number of anilines is 2. The molecule has 3 aromatic heterocycles. The number of amides is 1. The third-order valence-corrected chi connectivity index (χ3v) is 6.87. The molecule has 0 atom stereocenters. The number of nitrogens with zero attached hydrogens (tertiary/aromatic N) is 5. The first-order valence-corrected chi connectivity index (χ1v) is 12.3. The summed E-state index contributed by atoms with van der Waals surface area (Å²) in [6.45, 7) is 5.52. The predicted molar refractivity (Wildman–Crippen MR) is 136 cm³/mol. The Hall–Kier alpha value is -3.65. The second-order valence-corrected chi connectivity index (χ2v) is 9.41. The van der Waals surface area contributed by atoms with Gasteiger partial charge in [-0.1, -0.05) is 12.1 Å². The molecule has 1 aromatic carbocycles. The number of benzene rings is 1. The molecule has 1 fully saturated rings. The van der Waals surface area contributed by atoms with Gasteiger partial charge in [-0.25, -0.2) is 15.0 Å². The van der Waals surface area contributed by atoms with Crippen LogP contribution in [0.3, 0.4) is 0 Å². The first-order valence-electron chi connectivity index (χ1n) is 11.4. The molecule has 0 bridgehead atoms. The minimum absolute atomic E-state index is 0.0247. The molecule has 1 aliphatic rings. The number of piperidine rings is 1. The highest BCUT2D eigenvalue weighted by Crippen LogP contribution is 2.30. The first-order chi connectivity index (χ1) is 16.5. The van der Waals surface area contributed by atoms with Crippen molar-refractivity contribution >= 4 is 28.9 Å². The molecular weight excluding hydrogens is 444 g/mol. The third kappa shape index (κ3) is 4.97. The van der Waals surface area contributed by atoms with Gasteiger partial charge >= 0.3 is 0 Å². The van der Waals surface area contributed by atoms with Crippen molar-refractivity contribution in [3.63, 3.8) is 0 Å². The fraction of sp³-hybridized carbons (Fsp3) is 0.269. The van der Waals surface area contributed by atoms with Gasteiger partial charge in [0, 0.05) is 65.0 Å². The summed E-state index contributed by atoms with van der Waals surface area (Å²) in [6, 6.07) is 13.8. The van der Waals surface area contributed by atoms with E-state index in [4.69, 9.17) is 4.98 Å². The molecule has 4 heterocycles. The Labute approximate surface area is 203 Å². The molecule has 0 radical (unpaired) electrons. The summed E-state index contributed by atoms with van der Waals surface area (Å²) in [5.74, 6) is 0.802. The van der Waals surface area contributed by atoms with Crippen LogP contribution in [0.1, 0.15) is 24.2 Å². The van der Waals surface area contributed by atoms with Gasteiger partial charge in [-0.3, -0.25) is 9.78 Å². The van der Waals surface area contributed by atoms with Crippen LogP contribution in [0.25, 0.3) is 21.8 Å². The van der Waals surface area contributed by atoms with Crippen LogP contribution in [0.5, 0.6) is 0 Å². The maximum Gasteiger partial charge on any atom is 0.227 e. The molecule has 1 saturated heterocycles. The van der Waals surface area contributed by atoms with Gasteiger partial charge in [-0.15, -0.1) is 11.3 Å². The monoisotopic (exact) mass is 470 g/mol. The van der Waals surface area contributed by atoms with Gasteiger partial charge in [0.05, 0.1) is 5.69 Å². The Balaban J connectivity index is 1.22. The average molecular weight is 471 g/mol. The Morgan fingerprint density at radius 1 is 0.971 bits per heavy atom. The van der Waals surface area contributed by atoms with E-state index in [-0.39, 0.29) is 11.8 Å². The number of aryl methyl sites for hydroxylation is 2. The fourth-order valence-corrected chi connectivity index (χ4v) is 5.06. The van der Waals surface area contributed by atoms with Gasteiger partial charge in [0.15, 0.2) is 0 Å². The standard InChI is InChI=1S/C26H26N6OS/c1-17-14-18(2)29-26(28-17)32-12-8-19(9-13-32)24(33)30-22-5-3-4-21(15-22)23-16-34-25(31-23)20-6-10-27-11-7-20/h3-7,10-11,14-16,19H,8-9,12-13H2,1-2H3,(H,30,33). The molecule has 1 N–H and O–H groups in total. The lowest BCUT2D eigenvalue weighted by molar-refractivity contribution is -0.120. The van der Waals surface area contributed by atoms with Crippen molar-refractivity contribution in [2.75, 3.05) is 23.3 Å². The number of nitrogens with one attached hydrogen (secondary N) is 1. The molecule has 4 aromatic rings. The van der Waals surface area contributed by atoms with Crippen molar-refractivity contribution in [1.29, 1.82) is 0 Å². The van der Waals surface area contributed by atoms with E-state index in [0.29, 0.717) is 0 Å². The molecule has 1 aliphatic heterocycles. The minimum Gasteiger partial charge on any atom is -0.341 e. The molecular formula is C26H26N6OS. The molecule has 0 aliphatic carbocycles. The number of aromatic nitrogens is 4. The minimum atomic E-state index is -0.0247. The van der Waals surface area contributed by atoms with E-state index in [1.807, 2.05) is 61.7 Å². The van der Waals surface area contributed by atoms with Gasteiger partial charge < -0.3 is 10.2 Å². The number of hydrogen-bond acceptors (Lipinski definition) is 7. The van der Waals surface area contributed by atoms with Crippen LogP contribution >= 0.6 is 11.3 Å². The van der Waals surface area contributed by atoms with Gasteiger partial charge in [-0.2, -0.15) is 0 Å². The topological polar surface area (TPSA) is 83.9 Å². The first kappa shape index (κ1) is 22.2. The largest absolute Gasteiger partial charge is 0.341 e. The van der Waals surface area contributed by atoms with Crippen LogP contribution in [0.2, 0.25) is 0 Å². The Kier molecular flexibility index (Phi) is 6.31. The zero-order valence-electron chi connectivity index (χ0n) is 19.2. The van der Waals surface area contributed by atoms with Crippen molar-refractivity contribution in [3.05, 3.63) is 71.6 Å². The Morgan fingerprint density at radius 2 is 1.71 bits per heavy atom. The van der Waals surface area contributed by atoms with E-state index in [9.17, 15) is 4.79 Å². The highest BCUT2D eigenvalue weighted by Gasteiger charge is 2.26. The number of pyridine rings is 1. The maximum absolute atomic E-state index is 13.0. The van der Waals surface area contributed by atoms with Crippen LogP contribution < -0.4 is 10.2 Å². The summed E-state index contributed by atoms with van der Waals surface area (Å²) >= 11 is 1.60. The van der Waals surface area contributed by atoms with Crippen LogP contribution in [0.15, 0.2) is 60.2 Å². The zero-order valence-corrected chi connectivity index (χ0v) is 20.0. The van der Waals surface area contributed by atoms with Crippen molar-refractivity contribution < 1.29 is 4.79 Å². The van der Waals surface area contributed by atoms with Gasteiger partial charge in [-0.05, 0) is 57.0 Å². The van der Waals surface area contributed by atoms with Crippen LogP contribution in [0.4, 0.5) is 11.6 Å². The Bertz CT molecular complexity index is 1280. The normalized spacial score (nSPS) is 14.2. The van der Waals surface area contributed by atoms with Crippen LogP contribution in [-0.4, -0.2) is 38.9 Å². The molecule has 5 rings (SSSR count). The second kappa shape index (κ2) is 9.69. The lowest BCUT2D eigenvalue weighted by atomic mass is 9.96. The molecule has 172 valence electrons. The average Bonchev–Trinajstić information content (AvgIpc) is 3.35. The van der Waals surface area contributed by atoms with E-state index in [1.165, 1.54) is 0 Å².